The second kappa shape index (κ2) is 11.7. The molecule has 0 aliphatic rings. The van der Waals surface area contributed by atoms with Gasteiger partial charge < -0.3 is 10.6 Å². The molecule has 0 unspecified atom stereocenters. The molecule has 4 rings (SSSR count). The molecule has 43 heavy (non-hydrogen) atoms. The molecule has 2 amide bonds. The SMILES string of the molecule is CNC(=O)c1cc(I)cc(C)c1NC(=O)c1cc(Cn2nnc(C(F)(C(F)(F)F)C(F)(F)F)n2)nn1-c1ncccc1Cl. The minimum atomic E-state index is -6.44. The van der Waals surface area contributed by atoms with Gasteiger partial charge in [0.05, 0.1) is 22.0 Å². The van der Waals surface area contributed by atoms with Gasteiger partial charge in [0.25, 0.3) is 11.8 Å². The number of rotatable bonds is 7. The van der Waals surface area contributed by atoms with Gasteiger partial charge in [-0.25, -0.2) is 14.1 Å². The van der Waals surface area contributed by atoms with Crippen molar-refractivity contribution < 1.29 is 40.3 Å². The number of carbonyl (C=O) groups excluding carboxylic acids is 2. The van der Waals surface area contributed by atoms with E-state index in [9.17, 15) is 40.3 Å². The van der Waals surface area contributed by atoms with Crippen LogP contribution in [-0.4, -0.2) is 66.2 Å². The lowest BCUT2D eigenvalue weighted by atomic mass is 10.1. The molecule has 3 heterocycles. The molecular weight excluding hydrogens is 730 g/mol. The Kier molecular flexibility index (Phi) is 8.69. The number of benzene rings is 1. The number of carbonyl (C=O) groups is 2. The van der Waals surface area contributed by atoms with Crippen LogP contribution >= 0.6 is 34.2 Å². The van der Waals surface area contributed by atoms with Gasteiger partial charge >= 0.3 is 18.0 Å². The molecule has 0 saturated carbocycles. The highest BCUT2D eigenvalue weighted by Gasteiger charge is 2.76. The van der Waals surface area contributed by atoms with Crippen molar-refractivity contribution in [2.24, 2.45) is 0 Å². The van der Waals surface area contributed by atoms with Crippen LogP contribution < -0.4 is 10.6 Å². The lowest BCUT2D eigenvalue weighted by molar-refractivity contribution is -0.351. The molecule has 0 atom stereocenters. The van der Waals surface area contributed by atoms with Crippen LogP contribution in [0.1, 0.15) is 37.9 Å². The summed E-state index contributed by atoms with van der Waals surface area (Å²) in [6.45, 7) is 0.895. The maximum Gasteiger partial charge on any atom is 0.439 e. The van der Waals surface area contributed by atoms with Crippen LogP contribution in [0, 0.1) is 10.5 Å². The van der Waals surface area contributed by atoms with E-state index in [1.807, 2.05) is 22.6 Å². The number of nitrogens with zero attached hydrogens (tertiary/aromatic N) is 7. The highest BCUT2D eigenvalue weighted by molar-refractivity contribution is 14.1. The quantitative estimate of drug-likeness (QED) is 0.206. The van der Waals surface area contributed by atoms with E-state index in [2.05, 4.69) is 36.1 Å². The second-order valence-corrected chi connectivity index (χ2v) is 10.4. The molecule has 3 aromatic heterocycles. The van der Waals surface area contributed by atoms with Crippen molar-refractivity contribution in [2.75, 3.05) is 12.4 Å². The lowest BCUT2D eigenvalue weighted by Crippen LogP contribution is -2.51. The van der Waals surface area contributed by atoms with Gasteiger partial charge in [-0.2, -0.15) is 36.2 Å². The molecule has 0 aliphatic heterocycles. The van der Waals surface area contributed by atoms with Gasteiger partial charge in [-0.15, -0.1) is 10.2 Å². The van der Waals surface area contributed by atoms with Crippen molar-refractivity contribution in [1.82, 2.24) is 40.3 Å². The van der Waals surface area contributed by atoms with Crippen LogP contribution in [0.5, 0.6) is 0 Å². The van der Waals surface area contributed by atoms with E-state index in [4.69, 9.17) is 11.6 Å². The van der Waals surface area contributed by atoms with Crippen LogP contribution in [0.3, 0.4) is 0 Å². The third-order valence-electron chi connectivity index (χ3n) is 5.79. The molecule has 0 fully saturated rings. The Morgan fingerprint density at radius 3 is 2.30 bits per heavy atom. The fourth-order valence-corrected chi connectivity index (χ4v) is 4.75. The Balaban J connectivity index is 1.76. The maximum atomic E-state index is 14.4. The van der Waals surface area contributed by atoms with E-state index in [1.165, 1.54) is 31.4 Å². The smallest absolute Gasteiger partial charge is 0.355 e. The van der Waals surface area contributed by atoms with Crippen LogP contribution in [0.15, 0.2) is 36.5 Å². The summed E-state index contributed by atoms with van der Waals surface area (Å²) in [4.78, 5) is 30.3. The van der Waals surface area contributed by atoms with Crippen molar-refractivity contribution in [3.05, 3.63) is 73.5 Å². The summed E-state index contributed by atoms with van der Waals surface area (Å²) in [5.41, 5.74) is -5.55. The third-order valence-corrected chi connectivity index (χ3v) is 6.71. The van der Waals surface area contributed by atoms with Gasteiger partial charge in [0, 0.05) is 16.8 Å². The van der Waals surface area contributed by atoms with Crippen molar-refractivity contribution in [3.63, 3.8) is 0 Å². The molecule has 0 radical (unpaired) electrons. The standard InChI is InChI=1S/C23H16ClF7IN9O2/c1-10-6-11(32)7-13(18(42)33-2)16(10)35-19(43)15-8-12(37-41(15)17-14(24)4-3-5-34-17)9-40-38-20(36-39-40)21(25,22(26,27)28)23(29,30)31/h3-8H,9H2,1-2H3,(H,33,42)(H,35,43). The number of nitrogens with one attached hydrogen (secondary N) is 2. The Morgan fingerprint density at radius 2 is 1.70 bits per heavy atom. The number of amides is 2. The zero-order valence-corrected chi connectivity index (χ0v) is 24.4. The minimum absolute atomic E-state index is 0.0152. The van der Waals surface area contributed by atoms with E-state index in [1.54, 1.807) is 13.0 Å². The van der Waals surface area contributed by atoms with Gasteiger partial charge in [-0.05, 0) is 70.6 Å². The van der Waals surface area contributed by atoms with Crippen LogP contribution in [0.25, 0.3) is 5.82 Å². The molecule has 11 nitrogen and oxygen atoms in total. The zero-order chi connectivity index (χ0) is 31.9. The third kappa shape index (κ3) is 6.12. The Hall–Kier alpha value is -3.88. The van der Waals surface area contributed by atoms with E-state index in [0.29, 0.717) is 9.13 Å². The average molecular weight is 746 g/mol. The molecule has 2 N–H and O–H groups in total. The summed E-state index contributed by atoms with van der Waals surface area (Å²) in [7, 11) is 1.40. The Morgan fingerprint density at radius 1 is 1.02 bits per heavy atom. The van der Waals surface area contributed by atoms with E-state index in [-0.39, 0.29) is 38.3 Å². The summed E-state index contributed by atoms with van der Waals surface area (Å²) in [5.74, 6) is -3.71. The van der Waals surface area contributed by atoms with Gasteiger partial charge in [-0.3, -0.25) is 9.59 Å². The van der Waals surface area contributed by atoms with Crippen molar-refractivity contribution in [3.8, 4) is 5.82 Å². The predicted octanol–water partition coefficient (Wildman–Crippen LogP) is 4.77. The first kappa shape index (κ1) is 32.0. The number of hydrogen-bond acceptors (Lipinski definition) is 7. The highest BCUT2D eigenvalue weighted by atomic mass is 127. The molecule has 20 heteroatoms. The Bertz CT molecular complexity index is 1690. The van der Waals surface area contributed by atoms with Gasteiger partial charge in [0.1, 0.15) is 12.2 Å². The number of halogens is 9. The van der Waals surface area contributed by atoms with Gasteiger partial charge in [-0.1, -0.05) is 11.6 Å². The first-order valence-corrected chi connectivity index (χ1v) is 13.1. The first-order valence-electron chi connectivity index (χ1n) is 11.6. The number of hydrogen-bond donors (Lipinski definition) is 2. The number of aryl methyl sites for hydroxylation is 1. The number of anilines is 1. The minimum Gasteiger partial charge on any atom is -0.355 e. The normalized spacial score (nSPS) is 12.3. The molecule has 0 aliphatic carbocycles. The monoisotopic (exact) mass is 745 g/mol. The van der Waals surface area contributed by atoms with Crippen molar-refractivity contribution in [2.45, 2.75) is 31.5 Å². The summed E-state index contributed by atoms with van der Waals surface area (Å²) < 4.78 is 94.7. The fraction of sp³-hybridized carbons (Fsp3) is 0.261. The maximum absolute atomic E-state index is 14.4. The van der Waals surface area contributed by atoms with Crippen LogP contribution in [0.4, 0.5) is 36.4 Å². The lowest BCUT2D eigenvalue weighted by Gasteiger charge is -2.26. The Labute approximate surface area is 254 Å². The van der Waals surface area contributed by atoms with E-state index >= 15 is 0 Å². The van der Waals surface area contributed by atoms with Crippen molar-refractivity contribution >= 4 is 51.7 Å². The van der Waals surface area contributed by atoms with Gasteiger partial charge in [0.15, 0.2) is 5.82 Å². The number of pyridine rings is 1. The number of alkyl halides is 7. The molecule has 0 spiro atoms. The number of tetrazole rings is 1. The summed E-state index contributed by atoms with van der Waals surface area (Å²) in [6.07, 6.45) is -11.6. The molecule has 4 aromatic rings. The van der Waals surface area contributed by atoms with E-state index < -0.39 is 42.2 Å². The largest absolute Gasteiger partial charge is 0.439 e. The van der Waals surface area contributed by atoms with Crippen LogP contribution in [-0.2, 0) is 12.2 Å². The predicted molar refractivity (Wildman–Crippen MR) is 143 cm³/mol. The van der Waals surface area contributed by atoms with Gasteiger partial charge in [0.2, 0.25) is 5.82 Å². The molecule has 0 bridgehead atoms. The highest BCUT2D eigenvalue weighted by Crippen LogP contribution is 2.51. The summed E-state index contributed by atoms with van der Waals surface area (Å²) in [6, 6.07) is 7.22. The summed E-state index contributed by atoms with van der Waals surface area (Å²) >= 11 is 8.22. The van der Waals surface area contributed by atoms with E-state index in [0.717, 1.165) is 10.7 Å². The zero-order valence-electron chi connectivity index (χ0n) is 21.5. The molecular formula is C23H16ClF7IN9O2. The summed E-state index contributed by atoms with van der Waals surface area (Å²) in [5, 5.41) is 17.9. The fourth-order valence-electron chi connectivity index (χ4n) is 3.77. The average Bonchev–Trinajstić information content (AvgIpc) is 3.55. The topological polar surface area (TPSA) is 133 Å². The molecule has 228 valence electrons. The molecule has 1 aromatic carbocycles. The second-order valence-electron chi connectivity index (χ2n) is 8.72. The number of aromatic nitrogens is 7. The van der Waals surface area contributed by atoms with Crippen molar-refractivity contribution in [1.29, 1.82) is 0 Å². The van der Waals surface area contributed by atoms with Crippen LogP contribution in [0.2, 0.25) is 5.02 Å². The molecule has 0 saturated heterocycles. The first-order chi connectivity index (χ1) is 20.0.